The molecule has 1 aliphatic heterocycles. The van der Waals surface area contributed by atoms with E-state index in [0.29, 0.717) is 0 Å². The molecule has 1 heterocycles. The minimum atomic E-state index is -1.35. The molecule has 1 aliphatic rings. The number of aryl methyl sites for hydroxylation is 1. The maximum absolute atomic E-state index is 13.0. The Morgan fingerprint density at radius 2 is 1.82 bits per heavy atom. The number of hydrogen-bond donors (Lipinski definition) is 1. The highest BCUT2D eigenvalue weighted by atomic mass is 32.2. The fourth-order valence-corrected chi connectivity index (χ4v) is 4.29. The second kappa shape index (κ2) is 6.32. The first kappa shape index (κ1) is 14.8. The SMILES string of the molecule is NC(=O)CC1CCc2ccccc2N1S(=O)c1ccccc1. The summed E-state index contributed by atoms with van der Waals surface area (Å²) < 4.78 is 14.9. The molecule has 114 valence electrons. The van der Waals surface area contributed by atoms with Crippen molar-refractivity contribution in [2.24, 2.45) is 5.73 Å². The lowest BCUT2D eigenvalue weighted by Crippen LogP contribution is -2.42. The topological polar surface area (TPSA) is 63.4 Å². The molecular formula is C17H18N2O2S. The highest BCUT2D eigenvalue weighted by molar-refractivity contribution is 7.86. The Kier molecular flexibility index (Phi) is 4.24. The lowest BCUT2D eigenvalue weighted by molar-refractivity contribution is -0.118. The number of benzene rings is 2. The zero-order chi connectivity index (χ0) is 15.5. The van der Waals surface area contributed by atoms with Gasteiger partial charge in [0.25, 0.3) is 0 Å². The molecule has 0 bridgehead atoms. The number of nitrogens with zero attached hydrogens (tertiary/aromatic N) is 1. The molecule has 22 heavy (non-hydrogen) atoms. The average molecular weight is 314 g/mol. The summed E-state index contributed by atoms with van der Waals surface area (Å²) in [6, 6.07) is 17.1. The summed E-state index contributed by atoms with van der Waals surface area (Å²) in [5, 5.41) is 0. The molecule has 5 heteroatoms. The van der Waals surface area contributed by atoms with E-state index in [4.69, 9.17) is 5.73 Å². The first-order valence-electron chi connectivity index (χ1n) is 7.29. The van der Waals surface area contributed by atoms with Crippen LogP contribution in [-0.2, 0) is 22.2 Å². The second-order valence-corrected chi connectivity index (χ2v) is 6.74. The van der Waals surface area contributed by atoms with E-state index >= 15 is 0 Å². The number of nitrogens with two attached hydrogens (primary N) is 1. The number of carbonyl (C=O) groups is 1. The Hall–Kier alpha value is -2.14. The van der Waals surface area contributed by atoms with Gasteiger partial charge in [-0.1, -0.05) is 36.4 Å². The van der Waals surface area contributed by atoms with Crippen molar-refractivity contribution in [3.8, 4) is 0 Å². The van der Waals surface area contributed by atoms with Gasteiger partial charge in [-0.05, 0) is 36.6 Å². The zero-order valence-corrected chi connectivity index (χ0v) is 13.0. The van der Waals surface area contributed by atoms with Crippen molar-refractivity contribution < 1.29 is 9.00 Å². The Balaban J connectivity index is 2.02. The van der Waals surface area contributed by atoms with Crippen LogP contribution in [0.1, 0.15) is 18.4 Å². The lowest BCUT2D eigenvalue weighted by atomic mass is 9.96. The molecule has 0 fully saturated rings. The molecule has 2 unspecified atom stereocenters. The fraction of sp³-hybridized carbons (Fsp3) is 0.235. The molecule has 0 aliphatic carbocycles. The average Bonchev–Trinajstić information content (AvgIpc) is 2.54. The van der Waals surface area contributed by atoms with Crippen LogP contribution in [0.25, 0.3) is 0 Å². The van der Waals surface area contributed by atoms with Gasteiger partial charge < -0.3 is 5.73 Å². The Bertz CT molecular complexity index is 703. The van der Waals surface area contributed by atoms with Gasteiger partial charge in [0.05, 0.1) is 16.6 Å². The number of anilines is 1. The highest BCUT2D eigenvalue weighted by Gasteiger charge is 2.31. The van der Waals surface area contributed by atoms with E-state index in [0.717, 1.165) is 29.0 Å². The second-order valence-electron chi connectivity index (χ2n) is 5.38. The largest absolute Gasteiger partial charge is 0.370 e. The van der Waals surface area contributed by atoms with Crippen LogP contribution in [0.15, 0.2) is 59.5 Å². The van der Waals surface area contributed by atoms with Crippen LogP contribution >= 0.6 is 0 Å². The third kappa shape index (κ3) is 2.90. The zero-order valence-electron chi connectivity index (χ0n) is 12.1. The number of rotatable bonds is 4. The molecule has 3 rings (SSSR count). The smallest absolute Gasteiger partial charge is 0.219 e. The van der Waals surface area contributed by atoms with Crippen molar-refractivity contribution in [2.75, 3.05) is 4.31 Å². The van der Waals surface area contributed by atoms with Gasteiger partial charge in [-0.3, -0.25) is 9.10 Å². The van der Waals surface area contributed by atoms with Gasteiger partial charge in [0.2, 0.25) is 5.91 Å². The number of primary amides is 1. The molecule has 0 saturated heterocycles. The molecule has 2 aromatic rings. The van der Waals surface area contributed by atoms with Crippen LogP contribution in [0.3, 0.4) is 0 Å². The van der Waals surface area contributed by atoms with Gasteiger partial charge in [-0.2, -0.15) is 0 Å². The third-order valence-electron chi connectivity index (χ3n) is 3.87. The normalized spacial score (nSPS) is 18.5. The lowest BCUT2D eigenvalue weighted by Gasteiger charge is -2.37. The minimum absolute atomic E-state index is 0.131. The maximum Gasteiger partial charge on any atom is 0.219 e. The minimum Gasteiger partial charge on any atom is -0.370 e. The number of para-hydroxylation sites is 1. The van der Waals surface area contributed by atoms with Crippen molar-refractivity contribution in [1.82, 2.24) is 0 Å². The summed E-state index contributed by atoms with van der Waals surface area (Å²) in [5.41, 5.74) is 7.47. The predicted molar refractivity (Wildman–Crippen MR) is 87.7 cm³/mol. The monoisotopic (exact) mass is 314 g/mol. The van der Waals surface area contributed by atoms with Gasteiger partial charge in [-0.15, -0.1) is 0 Å². The summed E-state index contributed by atoms with van der Waals surface area (Å²) in [5.74, 6) is -0.362. The molecule has 2 atom stereocenters. The van der Waals surface area contributed by atoms with Gasteiger partial charge in [0, 0.05) is 6.42 Å². The molecular weight excluding hydrogens is 296 g/mol. The highest BCUT2D eigenvalue weighted by Crippen LogP contribution is 2.34. The summed E-state index contributed by atoms with van der Waals surface area (Å²) in [6.45, 7) is 0. The maximum atomic E-state index is 13.0. The van der Waals surface area contributed by atoms with E-state index in [1.807, 2.05) is 58.9 Å². The molecule has 2 aromatic carbocycles. The standard InChI is InChI=1S/C17H18N2O2S/c18-17(20)12-14-11-10-13-6-4-5-9-16(13)19(14)22(21)15-7-2-1-3-8-15/h1-9,14H,10-12H2,(H2,18,20). The summed E-state index contributed by atoms with van der Waals surface area (Å²) in [4.78, 5) is 12.1. The first-order valence-corrected chi connectivity index (χ1v) is 8.40. The van der Waals surface area contributed by atoms with Gasteiger partial charge in [0.1, 0.15) is 0 Å². The molecule has 0 saturated carbocycles. The van der Waals surface area contributed by atoms with Crippen LogP contribution in [0.4, 0.5) is 5.69 Å². The number of amides is 1. The molecule has 0 spiro atoms. The van der Waals surface area contributed by atoms with Crippen LogP contribution in [-0.4, -0.2) is 16.2 Å². The summed E-state index contributed by atoms with van der Waals surface area (Å²) >= 11 is 0. The first-order chi connectivity index (χ1) is 10.7. The van der Waals surface area contributed by atoms with Crippen LogP contribution < -0.4 is 10.0 Å². The van der Waals surface area contributed by atoms with E-state index in [2.05, 4.69) is 0 Å². The fourth-order valence-electron chi connectivity index (χ4n) is 2.87. The van der Waals surface area contributed by atoms with Gasteiger partial charge in [-0.25, -0.2) is 4.21 Å². The predicted octanol–water partition coefficient (Wildman–Crippen LogP) is 2.41. The Labute approximate surface area is 132 Å². The van der Waals surface area contributed by atoms with Crippen molar-refractivity contribution in [2.45, 2.75) is 30.2 Å². The number of carbonyl (C=O) groups excluding carboxylic acids is 1. The molecule has 0 radical (unpaired) electrons. The van der Waals surface area contributed by atoms with Crippen molar-refractivity contribution in [3.63, 3.8) is 0 Å². The van der Waals surface area contributed by atoms with Crippen LogP contribution in [0, 0.1) is 0 Å². The van der Waals surface area contributed by atoms with Crippen molar-refractivity contribution in [1.29, 1.82) is 0 Å². The summed E-state index contributed by atoms with van der Waals surface area (Å²) in [6.07, 6.45) is 1.86. The van der Waals surface area contributed by atoms with Crippen LogP contribution in [0.5, 0.6) is 0 Å². The number of hydrogen-bond acceptors (Lipinski definition) is 2. The van der Waals surface area contributed by atoms with Crippen LogP contribution in [0.2, 0.25) is 0 Å². The van der Waals surface area contributed by atoms with E-state index in [1.54, 1.807) is 0 Å². The molecule has 1 amide bonds. The van der Waals surface area contributed by atoms with Crippen molar-refractivity contribution >= 4 is 22.6 Å². The number of fused-ring (bicyclic) bond motifs is 1. The molecule has 2 N–H and O–H groups in total. The molecule has 4 nitrogen and oxygen atoms in total. The Morgan fingerprint density at radius 3 is 2.55 bits per heavy atom. The van der Waals surface area contributed by atoms with Gasteiger partial charge in [0.15, 0.2) is 11.0 Å². The Morgan fingerprint density at radius 1 is 1.14 bits per heavy atom. The van der Waals surface area contributed by atoms with Gasteiger partial charge >= 0.3 is 0 Å². The van der Waals surface area contributed by atoms with E-state index in [-0.39, 0.29) is 18.4 Å². The van der Waals surface area contributed by atoms with E-state index in [9.17, 15) is 9.00 Å². The quantitative estimate of drug-likeness (QED) is 0.942. The van der Waals surface area contributed by atoms with Crippen molar-refractivity contribution in [3.05, 3.63) is 60.2 Å². The van der Waals surface area contributed by atoms with E-state index < -0.39 is 11.0 Å². The van der Waals surface area contributed by atoms with E-state index in [1.165, 1.54) is 0 Å². The summed E-state index contributed by atoms with van der Waals surface area (Å²) in [7, 11) is -1.35. The third-order valence-corrected chi connectivity index (χ3v) is 5.40. The molecule has 0 aromatic heterocycles.